The van der Waals surface area contributed by atoms with Gasteiger partial charge in [-0.15, -0.1) is 0 Å². The summed E-state index contributed by atoms with van der Waals surface area (Å²) in [7, 11) is 0. The lowest BCUT2D eigenvalue weighted by atomic mass is 10.1. The quantitative estimate of drug-likeness (QED) is 0.387. The van der Waals surface area contributed by atoms with Gasteiger partial charge in [-0.3, -0.25) is 5.01 Å². The molecule has 0 bridgehead atoms. The minimum absolute atomic E-state index is 0.731. The standard InChI is InChI=1S/C24H27N3/c1-3-26(4-2)24-18-12-11-15-22(24)19-25-27(23-16-9-6-10-17-23)20-21-13-7-5-8-14-21/h5-19H,3-4,20H2,1-2H3/b25-19+. The minimum atomic E-state index is 0.731. The van der Waals surface area contributed by atoms with Gasteiger partial charge in [0.15, 0.2) is 0 Å². The Morgan fingerprint density at radius 2 is 1.33 bits per heavy atom. The highest BCUT2D eigenvalue weighted by Crippen LogP contribution is 2.21. The summed E-state index contributed by atoms with van der Waals surface area (Å²) in [5, 5.41) is 6.90. The van der Waals surface area contributed by atoms with Crippen molar-refractivity contribution in [3.8, 4) is 0 Å². The van der Waals surface area contributed by atoms with Gasteiger partial charge < -0.3 is 4.90 Å². The van der Waals surface area contributed by atoms with Crippen molar-refractivity contribution in [2.45, 2.75) is 20.4 Å². The second-order valence-corrected chi connectivity index (χ2v) is 6.35. The molecule has 0 unspecified atom stereocenters. The number of anilines is 2. The third-order valence-corrected chi connectivity index (χ3v) is 4.61. The molecule has 0 heterocycles. The van der Waals surface area contributed by atoms with Crippen molar-refractivity contribution in [2.24, 2.45) is 5.10 Å². The molecule has 0 aliphatic rings. The van der Waals surface area contributed by atoms with Gasteiger partial charge >= 0.3 is 0 Å². The SMILES string of the molecule is CCN(CC)c1ccccc1/C=N/N(Cc1ccccc1)c1ccccc1. The fourth-order valence-electron chi connectivity index (χ4n) is 3.14. The Bertz CT molecular complexity index is 840. The Balaban J connectivity index is 1.91. The lowest BCUT2D eigenvalue weighted by molar-refractivity contribution is 0.855. The fourth-order valence-corrected chi connectivity index (χ4v) is 3.14. The summed E-state index contributed by atoms with van der Waals surface area (Å²) >= 11 is 0. The van der Waals surface area contributed by atoms with Crippen LogP contribution < -0.4 is 9.91 Å². The summed E-state index contributed by atoms with van der Waals surface area (Å²) < 4.78 is 0. The minimum Gasteiger partial charge on any atom is -0.372 e. The highest BCUT2D eigenvalue weighted by Gasteiger charge is 2.08. The maximum Gasteiger partial charge on any atom is 0.0666 e. The van der Waals surface area contributed by atoms with E-state index >= 15 is 0 Å². The molecule has 0 aliphatic carbocycles. The average Bonchev–Trinajstić information content (AvgIpc) is 2.74. The number of hydrazone groups is 1. The summed E-state index contributed by atoms with van der Waals surface area (Å²) in [6, 6.07) is 29.2. The number of rotatable bonds is 8. The smallest absolute Gasteiger partial charge is 0.0666 e. The Morgan fingerprint density at radius 1 is 0.741 bits per heavy atom. The van der Waals surface area contributed by atoms with Gasteiger partial charge in [0.1, 0.15) is 0 Å². The Labute approximate surface area is 162 Å². The first-order valence-electron chi connectivity index (χ1n) is 9.56. The molecule has 0 atom stereocenters. The van der Waals surface area contributed by atoms with Crippen LogP contribution in [-0.4, -0.2) is 19.3 Å². The molecule has 27 heavy (non-hydrogen) atoms. The Morgan fingerprint density at radius 3 is 2.00 bits per heavy atom. The molecular formula is C24H27N3. The predicted molar refractivity (Wildman–Crippen MR) is 117 cm³/mol. The largest absolute Gasteiger partial charge is 0.372 e. The topological polar surface area (TPSA) is 18.8 Å². The lowest BCUT2D eigenvalue weighted by Gasteiger charge is -2.23. The Hall–Kier alpha value is -3.07. The van der Waals surface area contributed by atoms with Crippen molar-refractivity contribution in [3.63, 3.8) is 0 Å². The van der Waals surface area contributed by atoms with Crippen LogP contribution in [0.2, 0.25) is 0 Å². The van der Waals surface area contributed by atoms with Gasteiger partial charge in [0.05, 0.1) is 18.4 Å². The van der Waals surface area contributed by atoms with Crippen LogP contribution in [-0.2, 0) is 6.54 Å². The molecule has 0 aliphatic heterocycles. The summed E-state index contributed by atoms with van der Waals surface area (Å²) in [6.07, 6.45) is 1.98. The number of nitrogens with zero attached hydrogens (tertiary/aromatic N) is 3. The zero-order valence-corrected chi connectivity index (χ0v) is 16.1. The van der Waals surface area contributed by atoms with Gasteiger partial charge in [0.2, 0.25) is 0 Å². The fraction of sp³-hybridized carbons (Fsp3) is 0.208. The zero-order chi connectivity index (χ0) is 18.9. The van der Waals surface area contributed by atoms with E-state index in [1.54, 1.807) is 0 Å². The van der Waals surface area contributed by atoms with E-state index < -0.39 is 0 Å². The van der Waals surface area contributed by atoms with Crippen molar-refractivity contribution < 1.29 is 0 Å². The average molecular weight is 358 g/mol. The van der Waals surface area contributed by atoms with E-state index in [1.807, 2.05) is 35.5 Å². The van der Waals surface area contributed by atoms with E-state index in [1.165, 1.54) is 11.3 Å². The second kappa shape index (κ2) is 9.58. The normalized spacial score (nSPS) is 10.9. The number of benzene rings is 3. The van der Waals surface area contributed by atoms with Gasteiger partial charge in [-0.25, -0.2) is 0 Å². The highest BCUT2D eigenvalue weighted by molar-refractivity contribution is 5.88. The second-order valence-electron chi connectivity index (χ2n) is 6.35. The molecule has 3 aromatic rings. The third-order valence-electron chi connectivity index (χ3n) is 4.61. The summed E-state index contributed by atoms with van der Waals surface area (Å²) in [5.74, 6) is 0. The van der Waals surface area contributed by atoms with E-state index in [0.29, 0.717) is 0 Å². The molecule has 0 aromatic heterocycles. The summed E-state index contributed by atoms with van der Waals surface area (Å²) in [4.78, 5) is 2.35. The molecule has 3 heteroatoms. The monoisotopic (exact) mass is 357 g/mol. The van der Waals surface area contributed by atoms with Crippen LogP contribution in [0, 0.1) is 0 Å². The highest BCUT2D eigenvalue weighted by atomic mass is 15.4. The van der Waals surface area contributed by atoms with Gasteiger partial charge in [-0.2, -0.15) is 5.10 Å². The molecule has 3 aromatic carbocycles. The Kier molecular flexibility index (Phi) is 6.64. The van der Waals surface area contributed by atoms with E-state index in [0.717, 1.165) is 30.9 Å². The van der Waals surface area contributed by atoms with Gasteiger partial charge in [0, 0.05) is 24.3 Å². The van der Waals surface area contributed by atoms with Gasteiger partial charge in [-0.05, 0) is 37.6 Å². The predicted octanol–water partition coefficient (Wildman–Crippen LogP) is 5.57. The molecule has 0 saturated carbocycles. The van der Waals surface area contributed by atoms with Crippen LogP contribution >= 0.6 is 0 Å². The van der Waals surface area contributed by atoms with Crippen LogP contribution in [0.25, 0.3) is 0 Å². The molecule has 0 radical (unpaired) electrons. The van der Waals surface area contributed by atoms with E-state index in [9.17, 15) is 0 Å². The molecule has 0 fully saturated rings. The first-order chi connectivity index (χ1) is 13.3. The zero-order valence-electron chi connectivity index (χ0n) is 16.1. The molecule has 0 saturated heterocycles. The van der Waals surface area contributed by atoms with Crippen LogP contribution in [0.15, 0.2) is 90.0 Å². The molecule has 138 valence electrons. The van der Waals surface area contributed by atoms with Crippen LogP contribution in [0.5, 0.6) is 0 Å². The summed E-state index contributed by atoms with van der Waals surface area (Å²) in [5.41, 5.74) is 4.67. The third kappa shape index (κ3) is 4.98. The maximum atomic E-state index is 4.85. The van der Waals surface area contributed by atoms with Crippen molar-refractivity contribution in [3.05, 3.63) is 96.1 Å². The first-order valence-corrected chi connectivity index (χ1v) is 9.56. The first kappa shape index (κ1) is 18.7. The van der Waals surface area contributed by atoms with E-state index in [-0.39, 0.29) is 0 Å². The number of hydrogen-bond donors (Lipinski definition) is 0. The molecular weight excluding hydrogens is 330 g/mol. The summed E-state index contributed by atoms with van der Waals surface area (Å²) in [6.45, 7) is 7.06. The molecule has 3 rings (SSSR count). The molecule has 0 spiro atoms. The van der Waals surface area contributed by atoms with Crippen molar-refractivity contribution >= 4 is 17.6 Å². The lowest BCUT2D eigenvalue weighted by Crippen LogP contribution is -2.23. The van der Waals surface area contributed by atoms with E-state index in [4.69, 9.17) is 5.10 Å². The van der Waals surface area contributed by atoms with Crippen LogP contribution in [0.1, 0.15) is 25.0 Å². The van der Waals surface area contributed by atoms with Gasteiger partial charge in [-0.1, -0.05) is 66.7 Å². The van der Waals surface area contributed by atoms with Crippen LogP contribution in [0.4, 0.5) is 11.4 Å². The van der Waals surface area contributed by atoms with Crippen molar-refractivity contribution in [1.82, 2.24) is 0 Å². The molecule has 0 N–H and O–H groups in total. The number of hydrogen-bond acceptors (Lipinski definition) is 3. The number of para-hydroxylation sites is 2. The van der Waals surface area contributed by atoms with Gasteiger partial charge in [0.25, 0.3) is 0 Å². The van der Waals surface area contributed by atoms with Crippen molar-refractivity contribution in [1.29, 1.82) is 0 Å². The van der Waals surface area contributed by atoms with Crippen LogP contribution in [0.3, 0.4) is 0 Å². The van der Waals surface area contributed by atoms with E-state index in [2.05, 4.69) is 79.4 Å². The molecule has 0 amide bonds. The maximum absolute atomic E-state index is 4.85. The molecule has 3 nitrogen and oxygen atoms in total. The van der Waals surface area contributed by atoms with Crippen molar-refractivity contribution in [2.75, 3.05) is 23.0 Å².